The maximum absolute atomic E-state index is 13.8. The number of thiophene rings is 1. The SMILES string of the molecule is Cc1cccc(-c2nc(N)c3cc(Cc4ncccc4F)sc3n2)c1. The van der Waals surface area contributed by atoms with Gasteiger partial charge in [0.15, 0.2) is 5.82 Å². The average Bonchev–Trinajstić information content (AvgIpc) is 3.00. The summed E-state index contributed by atoms with van der Waals surface area (Å²) in [7, 11) is 0. The fourth-order valence-electron chi connectivity index (χ4n) is 2.71. The summed E-state index contributed by atoms with van der Waals surface area (Å²) in [4.78, 5) is 14.9. The van der Waals surface area contributed by atoms with Crippen molar-refractivity contribution in [3.05, 3.63) is 70.6 Å². The van der Waals surface area contributed by atoms with Gasteiger partial charge in [0.05, 0.1) is 11.1 Å². The highest BCUT2D eigenvalue weighted by atomic mass is 32.1. The van der Waals surface area contributed by atoms with E-state index in [1.54, 1.807) is 12.3 Å². The lowest BCUT2D eigenvalue weighted by Crippen LogP contribution is -1.96. The molecule has 0 spiro atoms. The summed E-state index contributed by atoms with van der Waals surface area (Å²) >= 11 is 1.49. The Hall–Kier alpha value is -2.86. The Balaban J connectivity index is 1.76. The lowest BCUT2D eigenvalue weighted by molar-refractivity contribution is 0.604. The zero-order valence-corrected chi connectivity index (χ0v) is 14.3. The molecule has 124 valence electrons. The van der Waals surface area contributed by atoms with Gasteiger partial charge in [-0.3, -0.25) is 4.98 Å². The van der Waals surface area contributed by atoms with Gasteiger partial charge in [-0.15, -0.1) is 11.3 Å². The standard InChI is InChI=1S/C19H15FN4S/c1-11-4-2-5-12(8-11)18-23-17(21)14-9-13(25-19(14)24-18)10-16-15(20)6-3-7-22-16/h2-9H,10H2,1H3,(H2,21,23,24). The number of benzene rings is 1. The summed E-state index contributed by atoms with van der Waals surface area (Å²) in [5.74, 6) is 0.732. The van der Waals surface area contributed by atoms with Crippen LogP contribution in [0.4, 0.5) is 10.2 Å². The number of pyridine rings is 1. The van der Waals surface area contributed by atoms with Crippen LogP contribution in [0.2, 0.25) is 0 Å². The Kier molecular flexibility index (Phi) is 3.89. The number of fused-ring (bicyclic) bond motifs is 1. The summed E-state index contributed by atoms with van der Waals surface area (Å²) in [6, 6.07) is 12.9. The Morgan fingerprint density at radius 1 is 1.12 bits per heavy atom. The fraction of sp³-hybridized carbons (Fsp3) is 0.105. The molecule has 3 heterocycles. The normalized spacial score (nSPS) is 11.1. The van der Waals surface area contributed by atoms with E-state index in [1.165, 1.54) is 17.4 Å². The lowest BCUT2D eigenvalue weighted by Gasteiger charge is -2.03. The molecule has 0 bridgehead atoms. The maximum atomic E-state index is 13.8. The van der Waals surface area contributed by atoms with Crippen molar-refractivity contribution in [3.8, 4) is 11.4 Å². The third kappa shape index (κ3) is 3.08. The number of rotatable bonds is 3. The smallest absolute Gasteiger partial charge is 0.163 e. The number of nitrogens with zero attached hydrogens (tertiary/aromatic N) is 3. The molecule has 4 nitrogen and oxygen atoms in total. The topological polar surface area (TPSA) is 64.7 Å². The Morgan fingerprint density at radius 3 is 2.80 bits per heavy atom. The molecule has 0 unspecified atom stereocenters. The van der Waals surface area contributed by atoms with E-state index < -0.39 is 0 Å². The van der Waals surface area contributed by atoms with Gasteiger partial charge in [-0.1, -0.05) is 23.8 Å². The van der Waals surface area contributed by atoms with Crippen molar-refractivity contribution in [2.75, 3.05) is 5.73 Å². The van der Waals surface area contributed by atoms with Crippen LogP contribution in [-0.2, 0) is 6.42 Å². The van der Waals surface area contributed by atoms with Gasteiger partial charge in [0, 0.05) is 23.1 Å². The molecule has 4 rings (SSSR count). The number of halogens is 1. The molecule has 0 aliphatic carbocycles. The Labute approximate surface area is 148 Å². The van der Waals surface area contributed by atoms with E-state index >= 15 is 0 Å². The summed E-state index contributed by atoms with van der Waals surface area (Å²) in [6.07, 6.45) is 2.00. The number of anilines is 1. The number of hydrogen-bond acceptors (Lipinski definition) is 5. The number of hydrogen-bond donors (Lipinski definition) is 1. The molecule has 25 heavy (non-hydrogen) atoms. The summed E-state index contributed by atoms with van der Waals surface area (Å²) < 4.78 is 13.8. The summed E-state index contributed by atoms with van der Waals surface area (Å²) in [5.41, 5.74) is 8.62. The van der Waals surface area contributed by atoms with Crippen LogP contribution in [0.5, 0.6) is 0 Å². The minimum absolute atomic E-state index is 0.306. The minimum atomic E-state index is -0.306. The zero-order valence-electron chi connectivity index (χ0n) is 13.5. The van der Waals surface area contributed by atoms with Crippen LogP contribution in [0.15, 0.2) is 48.7 Å². The first-order valence-electron chi connectivity index (χ1n) is 7.82. The van der Waals surface area contributed by atoms with Crippen LogP contribution in [-0.4, -0.2) is 15.0 Å². The van der Waals surface area contributed by atoms with Crippen molar-refractivity contribution < 1.29 is 4.39 Å². The lowest BCUT2D eigenvalue weighted by atomic mass is 10.1. The van der Waals surface area contributed by atoms with Crippen molar-refractivity contribution >= 4 is 27.4 Å². The minimum Gasteiger partial charge on any atom is -0.383 e. The van der Waals surface area contributed by atoms with Crippen molar-refractivity contribution in [2.24, 2.45) is 0 Å². The molecule has 0 fully saturated rings. The molecule has 0 radical (unpaired) electrons. The zero-order chi connectivity index (χ0) is 17.4. The van der Waals surface area contributed by atoms with Crippen molar-refractivity contribution in [3.63, 3.8) is 0 Å². The monoisotopic (exact) mass is 350 g/mol. The largest absolute Gasteiger partial charge is 0.383 e. The molecule has 2 N–H and O–H groups in total. The predicted molar refractivity (Wildman–Crippen MR) is 99.0 cm³/mol. The van der Waals surface area contributed by atoms with E-state index in [4.69, 9.17) is 5.73 Å². The van der Waals surface area contributed by atoms with Gasteiger partial charge in [0.25, 0.3) is 0 Å². The molecule has 0 amide bonds. The van der Waals surface area contributed by atoms with Gasteiger partial charge in [-0.25, -0.2) is 14.4 Å². The van der Waals surface area contributed by atoms with Crippen LogP contribution in [0.3, 0.4) is 0 Å². The van der Waals surface area contributed by atoms with E-state index in [0.717, 1.165) is 26.2 Å². The van der Waals surface area contributed by atoms with Crippen LogP contribution in [0.25, 0.3) is 21.6 Å². The molecule has 6 heteroatoms. The third-order valence-corrected chi connectivity index (χ3v) is 4.95. The van der Waals surface area contributed by atoms with Crippen LogP contribution in [0, 0.1) is 12.7 Å². The number of aromatic nitrogens is 3. The number of aryl methyl sites for hydroxylation is 1. The molecule has 0 atom stereocenters. The quantitative estimate of drug-likeness (QED) is 0.596. The first kappa shape index (κ1) is 15.7. The maximum Gasteiger partial charge on any atom is 0.163 e. The van der Waals surface area contributed by atoms with Gasteiger partial charge in [0.1, 0.15) is 16.5 Å². The molecule has 4 aromatic rings. The number of nitrogens with two attached hydrogens (primary N) is 1. The average molecular weight is 350 g/mol. The molecule has 0 saturated heterocycles. The molecular weight excluding hydrogens is 335 g/mol. The third-order valence-electron chi connectivity index (χ3n) is 3.93. The predicted octanol–water partition coefficient (Wildman–Crippen LogP) is 4.37. The fourth-order valence-corrected chi connectivity index (χ4v) is 3.75. The molecule has 1 aromatic carbocycles. The Morgan fingerprint density at radius 2 is 2.00 bits per heavy atom. The molecule has 0 saturated carbocycles. The van der Waals surface area contributed by atoms with Gasteiger partial charge in [-0.2, -0.15) is 0 Å². The molecule has 3 aromatic heterocycles. The van der Waals surface area contributed by atoms with Gasteiger partial charge < -0.3 is 5.73 Å². The highest BCUT2D eigenvalue weighted by molar-refractivity contribution is 7.18. The van der Waals surface area contributed by atoms with Gasteiger partial charge >= 0.3 is 0 Å². The number of nitrogen functional groups attached to an aromatic ring is 1. The Bertz CT molecular complexity index is 1070. The van der Waals surface area contributed by atoms with E-state index in [1.807, 2.05) is 37.3 Å². The first-order chi connectivity index (χ1) is 12.1. The van der Waals surface area contributed by atoms with Gasteiger partial charge in [0.2, 0.25) is 0 Å². The second kappa shape index (κ2) is 6.22. The van der Waals surface area contributed by atoms with Crippen LogP contribution in [0.1, 0.15) is 16.1 Å². The molecule has 0 aliphatic rings. The molecule has 0 aliphatic heterocycles. The van der Waals surface area contributed by atoms with Crippen molar-refractivity contribution in [2.45, 2.75) is 13.3 Å². The highest BCUT2D eigenvalue weighted by Gasteiger charge is 2.13. The second-order valence-electron chi connectivity index (χ2n) is 5.84. The van der Waals surface area contributed by atoms with Crippen LogP contribution >= 0.6 is 11.3 Å². The summed E-state index contributed by atoms with van der Waals surface area (Å²) in [6.45, 7) is 2.02. The highest BCUT2D eigenvalue weighted by Crippen LogP contribution is 2.31. The van der Waals surface area contributed by atoms with E-state index in [2.05, 4.69) is 15.0 Å². The van der Waals surface area contributed by atoms with E-state index in [9.17, 15) is 4.39 Å². The van der Waals surface area contributed by atoms with Gasteiger partial charge in [-0.05, 0) is 31.2 Å². The van der Waals surface area contributed by atoms with Crippen LogP contribution < -0.4 is 5.73 Å². The van der Waals surface area contributed by atoms with E-state index in [-0.39, 0.29) is 5.82 Å². The van der Waals surface area contributed by atoms with Crippen molar-refractivity contribution in [1.82, 2.24) is 15.0 Å². The second-order valence-corrected chi connectivity index (χ2v) is 6.96. The molecular formula is C19H15FN4S. The first-order valence-corrected chi connectivity index (χ1v) is 8.64. The van der Waals surface area contributed by atoms with E-state index in [0.29, 0.717) is 23.8 Å². The van der Waals surface area contributed by atoms with Crippen molar-refractivity contribution in [1.29, 1.82) is 0 Å². The summed E-state index contributed by atoms with van der Waals surface area (Å²) in [5, 5.41) is 0.799.